The number of alkyl carbamates (subject to hydrolysis) is 1. The van der Waals surface area contributed by atoms with Crippen molar-refractivity contribution in [3.8, 4) is 0 Å². The summed E-state index contributed by atoms with van der Waals surface area (Å²) in [6.45, 7) is 10.8. The Kier molecular flexibility index (Phi) is 9.97. The van der Waals surface area contributed by atoms with Crippen molar-refractivity contribution in [3.05, 3.63) is 36.9 Å². The normalized spacial score (nSPS) is 12.7. The van der Waals surface area contributed by atoms with Gasteiger partial charge in [0, 0.05) is 18.8 Å². The Hall–Kier alpha value is -2.43. The standard InChI is InChI=1S/C20H31N3O6S/c1-6-7-13-28-15(2)18(24)23-16-9-8-10-17(14-16)30(26,27)22-12-11-21-19(25)29-20(3,4)5/h6,8-10,14-15,22H,1,7,11-13H2,2-5H3,(H,21,25)(H,23,24). The Labute approximate surface area is 178 Å². The van der Waals surface area contributed by atoms with Crippen LogP contribution in [0.5, 0.6) is 0 Å². The molecule has 0 bridgehead atoms. The predicted molar refractivity (Wildman–Crippen MR) is 115 cm³/mol. The van der Waals surface area contributed by atoms with Gasteiger partial charge in [0.15, 0.2) is 0 Å². The molecule has 10 heteroatoms. The number of amides is 2. The molecular weight excluding hydrogens is 410 g/mol. The fourth-order valence-electron chi connectivity index (χ4n) is 2.14. The molecule has 9 nitrogen and oxygen atoms in total. The van der Waals surface area contributed by atoms with Gasteiger partial charge in [-0.2, -0.15) is 0 Å². The number of anilines is 1. The first kappa shape index (κ1) is 25.6. The van der Waals surface area contributed by atoms with Crippen molar-refractivity contribution in [1.29, 1.82) is 0 Å². The average Bonchev–Trinajstić information content (AvgIpc) is 2.64. The number of rotatable bonds is 11. The van der Waals surface area contributed by atoms with Gasteiger partial charge in [-0.3, -0.25) is 4.79 Å². The Balaban J connectivity index is 2.60. The first-order valence-electron chi connectivity index (χ1n) is 9.54. The SMILES string of the molecule is C=CCCOC(C)C(=O)Nc1cccc(S(=O)(=O)NCCNC(=O)OC(C)(C)C)c1. The molecule has 0 heterocycles. The van der Waals surface area contributed by atoms with Crippen LogP contribution in [0, 0.1) is 0 Å². The maximum atomic E-state index is 12.5. The first-order chi connectivity index (χ1) is 13.9. The topological polar surface area (TPSA) is 123 Å². The Morgan fingerprint density at radius 2 is 1.93 bits per heavy atom. The molecule has 0 fully saturated rings. The highest BCUT2D eigenvalue weighted by Crippen LogP contribution is 2.16. The molecule has 0 radical (unpaired) electrons. The smallest absolute Gasteiger partial charge is 0.407 e. The second kappa shape index (κ2) is 11.7. The fourth-order valence-corrected chi connectivity index (χ4v) is 3.21. The average molecular weight is 442 g/mol. The molecule has 1 aromatic rings. The van der Waals surface area contributed by atoms with E-state index in [4.69, 9.17) is 9.47 Å². The number of carbonyl (C=O) groups excluding carboxylic acids is 2. The number of nitrogens with one attached hydrogen (secondary N) is 3. The van der Waals surface area contributed by atoms with Crippen LogP contribution >= 0.6 is 0 Å². The maximum absolute atomic E-state index is 12.5. The van der Waals surface area contributed by atoms with Crippen molar-refractivity contribution in [2.24, 2.45) is 0 Å². The highest BCUT2D eigenvalue weighted by Gasteiger charge is 2.18. The third-order valence-electron chi connectivity index (χ3n) is 3.56. The summed E-state index contributed by atoms with van der Waals surface area (Å²) >= 11 is 0. The highest BCUT2D eigenvalue weighted by atomic mass is 32.2. The summed E-state index contributed by atoms with van der Waals surface area (Å²) in [7, 11) is -3.83. The molecule has 1 aromatic carbocycles. The molecule has 168 valence electrons. The van der Waals surface area contributed by atoms with Gasteiger partial charge in [-0.1, -0.05) is 12.1 Å². The van der Waals surface area contributed by atoms with Gasteiger partial charge in [0.2, 0.25) is 10.0 Å². The van der Waals surface area contributed by atoms with Gasteiger partial charge in [0.1, 0.15) is 11.7 Å². The lowest BCUT2D eigenvalue weighted by Crippen LogP contribution is -2.37. The molecule has 0 saturated heterocycles. The summed E-state index contributed by atoms with van der Waals surface area (Å²) in [5, 5.41) is 5.10. The van der Waals surface area contributed by atoms with Crippen LogP contribution < -0.4 is 15.4 Å². The summed E-state index contributed by atoms with van der Waals surface area (Å²) in [5.41, 5.74) is -0.309. The van der Waals surface area contributed by atoms with Gasteiger partial charge in [-0.15, -0.1) is 6.58 Å². The van der Waals surface area contributed by atoms with Gasteiger partial charge in [0.25, 0.3) is 5.91 Å². The summed E-state index contributed by atoms with van der Waals surface area (Å²) in [6, 6.07) is 5.85. The minimum atomic E-state index is -3.83. The van der Waals surface area contributed by atoms with Crippen molar-refractivity contribution in [1.82, 2.24) is 10.0 Å². The van der Waals surface area contributed by atoms with Crippen LogP contribution in [-0.2, 0) is 24.3 Å². The number of benzene rings is 1. The number of hydrogen-bond donors (Lipinski definition) is 3. The van der Waals surface area contributed by atoms with Crippen molar-refractivity contribution in [2.45, 2.75) is 50.7 Å². The molecule has 0 aromatic heterocycles. The van der Waals surface area contributed by atoms with Gasteiger partial charge >= 0.3 is 6.09 Å². The molecule has 1 rings (SSSR count). The Bertz CT molecular complexity index is 833. The molecule has 0 aliphatic carbocycles. The second-order valence-corrected chi connectivity index (χ2v) is 9.20. The van der Waals surface area contributed by atoms with Crippen molar-refractivity contribution >= 4 is 27.7 Å². The molecule has 1 unspecified atom stereocenters. The van der Waals surface area contributed by atoms with Crippen LogP contribution in [0.4, 0.5) is 10.5 Å². The van der Waals surface area contributed by atoms with E-state index in [1.807, 2.05) is 0 Å². The number of carbonyl (C=O) groups is 2. The first-order valence-corrected chi connectivity index (χ1v) is 11.0. The lowest BCUT2D eigenvalue weighted by atomic mass is 10.2. The van der Waals surface area contributed by atoms with Crippen LogP contribution in [0.25, 0.3) is 0 Å². The van der Waals surface area contributed by atoms with Crippen molar-refractivity contribution in [3.63, 3.8) is 0 Å². The van der Waals surface area contributed by atoms with Crippen LogP contribution in [0.1, 0.15) is 34.1 Å². The molecule has 1 atom stereocenters. The van der Waals surface area contributed by atoms with Crippen LogP contribution in [-0.4, -0.2) is 51.8 Å². The van der Waals surface area contributed by atoms with Crippen LogP contribution in [0.3, 0.4) is 0 Å². The largest absolute Gasteiger partial charge is 0.444 e. The lowest BCUT2D eigenvalue weighted by Gasteiger charge is -2.19. The third kappa shape index (κ3) is 9.86. The fraction of sp³-hybridized carbons (Fsp3) is 0.500. The van der Waals surface area contributed by atoms with E-state index in [2.05, 4.69) is 21.9 Å². The second-order valence-electron chi connectivity index (χ2n) is 7.43. The quantitative estimate of drug-likeness (QED) is 0.358. The zero-order chi connectivity index (χ0) is 22.8. The van der Waals surface area contributed by atoms with Gasteiger partial charge in [0.05, 0.1) is 11.5 Å². The van der Waals surface area contributed by atoms with E-state index in [-0.39, 0.29) is 23.9 Å². The summed E-state index contributed by atoms with van der Waals surface area (Å²) in [5.74, 6) is -0.386. The Morgan fingerprint density at radius 3 is 2.57 bits per heavy atom. The van der Waals surface area contributed by atoms with E-state index in [0.717, 1.165) is 0 Å². The predicted octanol–water partition coefficient (Wildman–Crippen LogP) is 2.41. The molecule has 30 heavy (non-hydrogen) atoms. The molecule has 3 N–H and O–H groups in total. The van der Waals surface area contributed by atoms with Gasteiger partial charge in [-0.25, -0.2) is 17.9 Å². The third-order valence-corrected chi connectivity index (χ3v) is 5.01. The monoisotopic (exact) mass is 441 g/mol. The minimum absolute atomic E-state index is 0.0159. The van der Waals surface area contributed by atoms with E-state index in [9.17, 15) is 18.0 Å². The Morgan fingerprint density at radius 1 is 1.23 bits per heavy atom. The molecule has 0 aliphatic rings. The molecular formula is C20H31N3O6S. The van der Waals surface area contributed by atoms with E-state index in [1.165, 1.54) is 18.2 Å². The number of ether oxygens (including phenoxy) is 2. The lowest BCUT2D eigenvalue weighted by molar-refractivity contribution is -0.126. The van der Waals surface area contributed by atoms with Gasteiger partial charge < -0.3 is 20.1 Å². The van der Waals surface area contributed by atoms with E-state index >= 15 is 0 Å². The zero-order valence-electron chi connectivity index (χ0n) is 17.9. The molecule has 0 aliphatic heterocycles. The number of sulfonamides is 1. The summed E-state index contributed by atoms with van der Waals surface area (Å²) in [4.78, 5) is 23.7. The minimum Gasteiger partial charge on any atom is -0.444 e. The van der Waals surface area contributed by atoms with E-state index < -0.39 is 27.8 Å². The number of hydrogen-bond acceptors (Lipinski definition) is 6. The molecule has 0 spiro atoms. The van der Waals surface area contributed by atoms with Crippen molar-refractivity contribution < 1.29 is 27.5 Å². The van der Waals surface area contributed by atoms with E-state index in [0.29, 0.717) is 18.7 Å². The summed E-state index contributed by atoms with van der Waals surface area (Å²) < 4.78 is 37.7. The van der Waals surface area contributed by atoms with E-state index in [1.54, 1.807) is 39.8 Å². The zero-order valence-corrected chi connectivity index (χ0v) is 18.7. The maximum Gasteiger partial charge on any atom is 0.407 e. The molecule has 2 amide bonds. The van der Waals surface area contributed by atoms with Crippen molar-refractivity contribution in [2.75, 3.05) is 25.0 Å². The summed E-state index contributed by atoms with van der Waals surface area (Å²) in [6.07, 6.45) is 0.993. The van der Waals surface area contributed by atoms with Gasteiger partial charge in [-0.05, 0) is 52.3 Å². The molecule has 0 saturated carbocycles. The highest BCUT2D eigenvalue weighted by molar-refractivity contribution is 7.89. The van der Waals surface area contributed by atoms with Crippen LogP contribution in [0.2, 0.25) is 0 Å². The van der Waals surface area contributed by atoms with Crippen LogP contribution in [0.15, 0.2) is 41.8 Å².